The van der Waals surface area contributed by atoms with E-state index in [-0.39, 0.29) is 10.9 Å². The molecule has 0 radical (unpaired) electrons. The van der Waals surface area contributed by atoms with Crippen molar-refractivity contribution in [1.82, 2.24) is 9.55 Å². The molecule has 0 aliphatic heterocycles. The summed E-state index contributed by atoms with van der Waals surface area (Å²) in [5.74, 6) is 0. The lowest BCUT2D eigenvalue weighted by atomic mass is 10.1. The second-order valence-electron chi connectivity index (χ2n) is 5.12. The number of hydrogen-bond donors (Lipinski definition) is 1. The first-order valence-corrected chi connectivity index (χ1v) is 9.12. The summed E-state index contributed by atoms with van der Waals surface area (Å²) in [7, 11) is -1.65. The van der Waals surface area contributed by atoms with E-state index in [2.05, 4.69) is 11.9 Å². The lowest BCUT2D eigenvalue weighted by Gasteiger charge is -2.18. The van der Waals surface area contributed by atoms with Crippen LogP contribution in [0.1, 0.15) is 25.8 Å². The smallest absolute Gasteiger partial charge is 0.178 e. The van der Waals surface area contributed by atoms with Crippen molar-refractivity contribution >= 4 is 33.1 Å². The summed E-state index contributed by atoms with van der Waals surface area (Å²) < 4.78 is 31.6. The molecule has 2 rings (SSSR count). The zero-order valence-corrected chi connectivity index (χ0v) is 14.1. The Hall–Kier alpha value is -1.18. The summed E-state index contributed by atoms with van der Waals surface area (Å²) in [6.45, 7) is 2.64. The molecule has 1 N–H and O–H groups in total. The fourth-order valence-corrected chi connectivity index (χ4v) is 3.81. The zero-order chi connectivity index (χ0) is 15.6. The number of para-hydroxylation sites is 1. The normalized spacial score (nSPS) is 13.7. The Morgan fingerprint density at radius 3 is 2.71 bits per heavy atom. The van der Waals surface area contributed by atoms with Crippen molar-refractivity contribution in [2.24, 2.45) is 0 Å². The number of aromatic nitrogens is 2. The Morgan fingerprint density at radius 2 is 2.14 bits per heavy atom. The van der Waals surface area contributed by atoms with Crippen LogP contribution in [-0.2, 0) is 14.6 Å². The highest BCUT2D eigenvalue weighted by Gasteiger charge is 2.19. The molecule has 1 atom stereocenters. The number of nitrogens with one attached hydrogen (secondary N) is 1. The van der Waals surface area contributed by atoms with Crippen LogP contribution in [0.3, 0.4) is 0 Å². The van der Waals surface area contributed by atoms with Gasteiger partial charge in [-0.15, -0.1) is 0 Å². The van der Waals surface area contributed by atoms with Crippen LogP contribution < -0.4 is 0 Å². The Bertz CT molecular complexity index is 784. The molecule has 7 heteroatoms. The maximum absolute atomic E-state index is 11.9. The summed E-state index contributed by atoms with van der Waals surface area (Å²) in [5, 5.41) is 0. The van der Waals surface area contributed by atoms with E-state index in [1.54, 1.807) is 19.2 Å². The number of aromatic amines is 1. The van der Waals surface area contributed by atoms with Crippen LogP contribution in [0.15, 0.2) is 23.1 Å². The first kappa shape index (κ1) is 16.2. The van der Waals surface area contributed by atoms with Gasteiger partial charge >= 0.3 is 0 Å². The molecule has 5 nitrogen and oxygen atoms in total. The third kappa shape index (κ3) is 3.20. The van der Waals surface area contributed by atoms with Crippen molar-refractivity contribution in [2.75, 3.05) is 20.0 Å². The lowest BCUT2D eigenvalue weighted by molar-refractivity contribution is 0.151. The van der Waals surface area contributed by atoms with Crippen molar-refractivity contribution < 1.29 is 13.2 Å². The number of methoxy groups -OCH3 is 1. The van der Waals surface area contributed by atoms with Gasteiger partial charge in [-0.05, 0) is 30.8 Å². The van der Waals surface area contributed by atoms with E-state index < -0.39 is 9.84 Å². The first-order valence-electron chi connectivity index (χ1n) is 6.82. The number of hydrogen-bond acceptors (Lipinski definition) is 4. The fourth-order valence-electron chi connectivity index (χ4n) is 2.61. The van der Waals surface area contributed by atoms with Gasteiger partial charge in [0.15, 0.2) is 14.6 Å². The molecule has 116 valence electrons. The molecule has 2 aromatic rings. The number of imidazole rings is 1. The average Bonchev–Trinajstić information content (AvgIpc) is 2.72. The average molecular weight is 328 g/mol. The van der Waals surface area contributed by atoms with Crippen LogP contribution in [0, 0.1) is 4.77 Å². The van der Waals surface area contributed by atoms with Gasteiger partial charge in [0.2, 0.25) is 0 Å². The quantitative estimate of drug-likeness (QED) is 0.828. The Labute approximate surface area is 129 Å². The highest BCUT2D eigenvalue weighted by atomic mass is 32.2. The molecule has 0 bridgehead atoms. The molecular weight excluding hydrogens is 308 g/mol. The first-order chi connectivity index (χ1) is 9.90. The van der Waals surface area contributed by atoms with E-state index in [1.165, 1.54) is 6.26 Å². The topological polar surface area (TPSA) is 64.1 Å². The molecule has 0 saturated heterocycles. The number of benzene rings is 1. The second-order valence-corrected chi connectivity index (χ2v) is 7.49. The molecule has 1 heterocycles. The van der Waals surface area contributed by atoms with E-state index in [0.29, 0.717) is 16.9 Å². The molecule has 0 aliphatic carbocycles. The molecule has 1 aromatic carbocycles. The molecule has 1 unspecified atom stereocenters. The molecule has 0 saturated carbocycles. The van der Waals surface area contributed by atoms with Crippen molar-refractivity contribution in [3.8, 4) is 0 Å². The van der Waals surface area contributed by atoms with Gasteiger partial charge in [0, 0.05) is 13.4 Å². The largest absolute Gasteiger partial charge is 0.383 e. The van der Waals surface area contributed by atoms with E-state index >= 15 is 0 Å². The summed E-state index contributed by atoms with van der Waals surface area (Å²) in [6, 6.07) is 5.32. The van der Waals surface area contributed by atoms with Crippen molar-refractivity contribution in [2.45, 2.75) is 30.7 Å². The predicted octanol–water partition coefficient (Wildman–Crippen LogP) is 3.09. The van der Waals surface area contributed by atoms with Gasteiger partial charge in [0.05, 0.1) is 28.6 Å². The van der Waals surface area contributed by atoms with Crippen LogP contribution >= 0.6 is 12.2 Å². The van der Waals surface area contributed by atoms with Crippen molar-refractivity contribution in [3.63, 3.8) is 0 Å². The third-order valence-corrected chi connectivity index (χ3v) is 4.90. The maximum atomic E-state index is 11.9. The Kier molecular flexibility index (Phi) is 4.85. The van der Waals surface area contributed by atoms with Gasteiger partial charge < -0.3 is 14.3 Å². The van der Waals surface area contributed by atoms with Crippen LogP contribution in [-0.4, -0.2) is 37.9 Å². The monoisotopic (exact) mass is 328 g/mol. The predicted molar refractivity (Wildman–Crippen MR) is 86.1 cm³/mol. The SMILES string of the molecule is CCCC(COC)n1c(=S)[nH]c2c(S(C)(=O)=O)cccc21. The molecule has 0 spiro atoms. The summed E-state index contributed by atoms with van der Waals surface area (Å²) >= 11 is 5.40. The van der Waals surface area contributed by atoms with Gasteiger partial charge in [-0.1, -0.05) is 19.4 Å². The lowest BCUT2D eigenvalue weighted by Crippen LogP contribution is -2.14. The highest BCUT2D eigenvalue weighted by Crippen LogP contribution is 2.27. The van der Waals surface area contributed by atoms with Gasteiger partial charge in [0.25, 0.3) is 0 Å². The van der Waals surface area contributed by atoms with Crippen molar-refractivity contribution in [1.29, 1.82) is 0 Å². The number of H-pyrrole nitrogens is 1. The Balaban J connectivity index is 2.71. The van der Waals surface area contributed by atoms with Crippen LogP contribution in [0.25, 0.3) is 11.0 Å². The van der Waals surface area contributed by atoms with Crippen molar-refractivity contribution in [3.05, 3.63) is 23.0 Å². The number of sulfone groups is 1. The fraction of sp³-hybridized carbons (Fsp3) is 0.500. The third-order valence-electron chi connectivity index (χ3n) is 3.46. The standard InChI is InChI=1S/C14H20N2O3S2/c1-4-6-10(9-19-2)16-11-7-5-8-12(21(3,17)18)13(11)15-14(16)20/h5,7-8,10H,4,6,9H2,1-3H3,(H,15,20). The molecule has 1 aromatic heterocycles. The van der Waals surface area contributed by atoms with E-state index in [0.717, 1.165) is 18.4 Å². The second kappa shape index (κ2) is 6.29. The van der Waals surface area contributed by atoms with Gasteiger partial charge in [-0.3, -0.25) is 0 Å². The minimum Gasteiger partial charge on any atom is -0.383 e. The zero-order valence-electron chi connectivity index (χ0n) is 12.4. The van der Waals surface area contributed by atoms with E-state index in [4.69, 9.17) is 17.0 Å². The molecule has 0 fully saturated rings. The minimum absolute atomic E-state index is 0.0936. The minimum atomic E-state index is -3.31. The van der Waals surface area contributed by atoms with E-state index in [1.807, 2.05) is 10.6 Å². The number of rotatable bonds is 6. The highest BCUT2D eigenvalue weighted by molar-refractivity contribution is 7.91. The van der Waals surface area contributed by atoms with Crippen LogP contribution in [0.5, 0.6) is 0 Å². The summed E-state index contributed by atoms with van der Waals surface area (Å²) in [5.41, 5.74) is 1.38. The number of fused-ring (bicyclic) bond motifs is 1. The number of nitrogens with zero attached hydrogens (tertiary/aromatic N) is 1. The van der Waals surface area contributed by atoms with Gasteiger partial charge in [-0.2, -0.15) is 0 Å². The molecule has 0 aliphatic rings. The summed E-state index contributed by atoms with van der Waals surface area (Å²) in [6.07, 6.45) is 3.11. The summed E-state index contributed by atoms with van der Waals surface area (Å²) in [4.78, 5) is 3.32. The number of ether oxygens (including phenoxy) is 1. The molecular formula is C14H20N2O3S2. The van der Waals surface area contributed by atoms with Gasteiger partial charge in [-0.25, -0.2) is 8.42 Å². The van der Waals surface area contributed by atoms with E-state index in [9.17, 15) is 8.42 Å². The molecule has 21 heavy (non-hydrogen) atoms. The van der Waals surface area contributed by atoms with Crippen LogP contribution in [0.2, 0.25) is 0 Å². The Morgan fingerprint density at radius 1 is 1.43 bits per heavy atom. The van der Waals surface area contributed by atoms with Gasteiger partial charge in [0.1, 0.15) is 0 Å². The molecule has 0 amide bonds. The maximum Gasteiger partial charge on any atom is 0.178 e. The van der Waals surface area contributed by atoms with Crippen LogP contribution in [0.4, 0.5) is 0 Å².